The van der Waals surface area contributed by atoms with Gasteiger partial charge in [0.25, 0.3) is 0 Å². The molecule has 2 nitrogen and oxygen atoms in total. The Labute approximate surface area is 153 Å². The zero-order valence-electron chi connectivity index (χ0n) is 14.3. The van der Waals surface area contributed by atoms with Gasteiger partial charge in [-0.2, -0.15) is 0 Å². The predicted octanol–water partition coefficient (Wildman–Crippen LogP) is 5.48. The summed E-state index contributed by atoms with van der Waals surface area (Å²) in [5.41, 5.74) is 3.05. The minimum absolute atomic E-state index is 0.169. The van der Waals surface area contributed by atoms with E-state index in [4.69, 9.17) is 0 Å². The summed E-state index contributed by atoms with van der Waals surface area (Å²) in [7, 11) is 0. The Bertz CT molecular complexity index is 900. The van der Waals surface area contributed by atoms with Crippen LogP contribution < -0.4 is 0 Å². The lowest BCUT2D eigenvalue weighted by Gasteiger charge is -2.13. The smallest absolute Gasteiger partial charge is 0.193 e. The number of allylic oxidation sites excluding steroid dienone is 2. The van der Waals surface area contributed by atoms with Crippen LogP contribution in [0.4, 0.5) is 0 Å². The molecule has 0 radical (unpaired) electrons. The Kier molecular flexibility index (Phi) is 5.04. The number of carbonyl (C=O) groups is 2. The quantitative estimate of drug-likeness (QED) is 0.440. The molecule has 0 fully saturated rings. The summed E-state index contributed by atoms with van der Waals surface area (Å²) in [4.78, 5) is 25.5. The maximum absolute atomic E-state index is 12.7. The van der Waals surface area contributed by atoms with Gasteiger partial charge in [0.05, 0.1) is 0 Å². The molecule has 0 saturated carbocycles. The number of hydrogen-bond acceptors (Lipinski definition) is 2. The van der Waals surface area contributed by atoms with Gasteiger partial charge in [-0.15, -0.1) is 0 Å². The highest BCUT2D eigenvalue weighted by Gasteiger charge is 2.19. The topological polar surface area (TPSA) is 34.1 Å². The molecule has 0 heterocycles. The van der Waals surface area contributed by atoms with E-state index < -0.39 is 0 Å². The van der Waals surface area contributed by atoms with Crippen molar-refractivity contribution < 1.29 is 9.59 Å². The number of hydrogen-bond donors (Lipinski definition) is 0. The Morgan fingerprint density at radius 3 is 1.15 bits per heavy atom. The van der Waals surface area contributed by atoms with Gasteiger partial charge in [0.2, 0.25) is 0 Å². The number of benzene rings is 3. The summed E-state index contributed by atoms with van der Waals surface area (Å²) in [5.74, 6) is -0.337. The summed E-state index contributed by atoms with van der Waals surface area (Å²) < 4.78 is 0. The molecule has 26 heavy (non-hydrogen) atoms. The molecular formula is C24H18O2. The molecule has 126 valence electrons. The van der Waals surface area contributed by atoms with Gasteiger partial charge in [-0.25, -0.2) is 0 Å². The van der Waals surface area contributed by atoms with Crippen molar-refractivity contribution in [3.05, 3.63) is 120 Å². The van der Waals surface area contributed by atoms with Crippen LogP contribution in [0.5, 0.6) is 0 Å². The first-order valence-electron chi connectivity index (χ1n) is 8.26. The summed E-state index contributed by atoms with van der Waals surface area (Å²) in [6, 6.07) is 25.2. The number of carbonyl (C=O) groups excluding carboxylic acids is 2. The van der Waals surface area contributed by atoms with Crippen LogP contribution in [-0.2, 0) is 0 Å². The van der Waals surface area contributed by atoms with E-state index in [1.54, 1.807) is 36.4 Å². The normalized spacial score (nSPS) is 10.2. The second kappa shape index (κ2) is 7.58. The van der Waals surface area contributed by atoms with Crippen molar-refractivity contribution in [1.29, 1.82) is 0 Å². The van der Waals surface area contributed by atoms with Crippen molar-refractivity contribution >= 4 is 22.7 Å². The fourth-order valence-corrected chi connectivity index (χ4v) is 2.78. The van der Waals surface area contributed by atoms with Gasteiger partial charge in [0, 0.05) is 22.3 Å². The van der Waals surface area contributed by atoms with Crippen molar-refractivity contribution in [1.82, 2.24) is 0 Å². The first kappa shape index (κ1) is 17.3. The molecule has 0 unspecified atom stereocenters. The molecule has 0 aliphatic carbocycles. The van der Waals surface area contributed by atoms with Crippen LogP contribution in [0.25, 0.3) is 11.1 Å². The SMILES string of the molecule is C=C(C(=O)c1ccccc1)c1ccccc1C(=C)C(=O)c1ccccc1. The largest absolute Gasteiger partial charge is 0.289 e. The minimum atomic E-state index is -0.169. The molecule has 3 aromatic rings. The van der Waals surface area contributed by atoms with Crippen LogP contribution >= 0.6 is 0 Å². The van der Waals surface area contributed by atoms with E-state index in [0.717, 1.165) is 0 Å². The van der Waals surface area contributed by atoms with Crippen LogP contribution in [-0.4, -0.2) is 11.6 Å². The van der Waals surface area contributed by atoms with Crippen molar-refractivity contribution in [3.8, 4) is 0 Å². The zero-order valence-corrected chi connectivity index (χ0v) is 14.3. The molecule has 0 aliphatic heterocycles. The first-order chi connectivity index (χ1) is 12.6. The summed E-state index contributed by atoms with van der Waals surface area (Å²) >= 11 is 0. The average molecular weight is 338 g/mol. The van der Waals surface area contributed by atoms with Crippen LogP contribution in [0.15, 0.2) is 98.1 Å². The van der Waals surface area contributed by atoms with Crippen LogP contribution in [0.1, 0.15) is 31.8 Å². The molecule has 3 rings (SSSR count). The number of Topliss-reactive ketones (excluding diaryl/α,β-unsaturated/α-hetero) is 2. The summed E-state index contributed by atoms with van der Waals surface area (Å²) in [6.45, 7) is 7.95. The summed E-state index contributed by atoms with van der Waals surface area (Å²) in [6.07, 6.45) is 0. The Hall–Kier alpha value is -3.52. The molecule has 2 heteroatoms. The third-order valence-corrected chi connectivity index (χ3v) is 4.20. The van der Waals surface area contributed by atoms with Gasteiger partial charge < -0.3 is 0 Å². The van der Waals surface area contributed by atoms with Crippen LogP contribution in [0.3, 0.4) is 0 Å². The fraction of sp³-hybridized carbons (Fsp3) is 0. The van der Waals surface area contributed by atoms with Gasteiger partial charge in [0.15, 0.2) is 11.6 Å². The standard InChI is InChI=1S/C24H18O2/c1-17(23(25)19-11-5-3-6-12-19)21-15-9-10-16-22(21)18(2)24(26)20-13-7-4-8-14-20/h3-16H,1-2H2. The van der Waals surface area contributed by atoms with E-state index in [9.17, 15) is 9.59 Å². The van der Waals surface area contributed by atoms with E-state index in [1.165, 1.54) is 0 Å². The minimum Gasteiger partial charge on any atom is -0.289 e. The molecule has 0 spiro atoms. The Balaban J connectivity index is 1.96. The monoisotopic (exact) mass is 338 g/mol. The van der Waals surface area contributed by atoms with E-state index >= 15 is 0 Å². The van der Waals surface area contributed by atoms with Gasteiger partial charge >= 0.3 is 0 Å². The average Bonchev–Trinajstić information content (AvgIpc) is 2.73. The molecule has 0 bridgehead atoms. The predicted molar refractivity (Wildman–Crippen MR) is 106 cm³/mol. The zero-order chi connectivity index (χ0) is 18.5. The van der Waals surface area contributed by atoms with Crippen LogP contribution in [0.2, 0.25) is 0 Å². The third kappa shape index (κ3) is 3.45. The van der Waals surface area contributed by atoms with E-state index in [0.29, 0.717) is 33.4 Å². The third-order valence-electron chi connectivity index (χ3n) is 4.20. The number of ketones is 2. The molecule has 0 aliphatic rings. The molecule has 0 atom stereocenters. The van der Waals surface area contributed by atoms with Crippen LogP contribution in [0, 0.1) is 0 Å². The molecule has 0 N–H and O–H groups in total. The lowest BCUT2D eigenvalue weighted by molar-refractivity contribution is 0.104. The van der Waals surface area contributed by atoms with Gasteiger partial charge in [-0.3, -0.25) is 9.59 Å². The molecule has 0 saturated heterocycles. The molecular weight excluding hydrogens is 320 g/mol. The summed E-state index contributed by atoms with van der Waals surface area (Å²) in [5, 5.41) is 0. The highest BCUT2D eigenvalue weighted by atomic mass is 16.1. The van der Waals surface area contributed by atoms with Gasteiger partial charge in [-0.05, 0) is 11.1 Å². The fourth-order valence-electron chi connectivity index (χ4n) is 2.78. The Morgan fingerprint density at radius 2 is 0.808 bits per heavy atom. The van der Waals surface area contributed by atoms with Crippen molar-refractivity contribution in [3.63, 3.8) is 0 Å². The molecule has 0 aromatic heterocycles. The first-order valence-corrected chi connectivity index (χ1v) is 8.26. The highest BCUT2D eigenvalue weighted by molar-refractivity contribution is 6.33. The maximum Gasteiger partial charge on any atom is 0.193 e. The van der Waals surface area contributed by atoms with E-state index in [2.05, 4.69) is 13.2 Å². The lowest BCUT2D eigenvalue weighted by Crippen LogP contribution is -2.07. The molecule has 0 amide bonds. The van der Waals surface area contributed by atoms with Crippen molar-refractivity contribution in [2.75, 3.05) is 0 Å². The van der Waals surface area contributed by atoms with E-state index in [1.807, 2.05) is 48.5 Å². The number of rotatable bonds is 6. The van der Waals surface area contributed by atoms with E-state index in [-0.39, 0.29) is 11.6 Å². The second-order valence-electron chi connectivity index (χ2n) is 5.89. The second-order valence-corrected chi connectivity index (χ2v) is 5.89. The van der Waals surface area contributed by atoms with Gasteiger partial charge in [-0.1, -0.05) is 98.1 Å². The molecule has 3 aromatic carbocycles. The van der Waals surface area contributed by atoms with Crippen molar-refractivity contribution in [2.45, 2.75) is 0 Å². The maximum atomic E-state index is 12.7. The lowest BCUT2D eigenvalue weighted by atomic mass is 9.89. The Morgan fingerprint density at radius 1 is 0.500 bits per heavy atom. The highest BCUT2D eigenvalue weighted by Crippen LogP contribution is 2.28. The van der Waals surface area contributed by atoms with Crippen molar-refractivity contribution in [2.24, 2.45) is 0 Å². The van der Waals surface area contributed by atoms with Gasteiger partial charge in [0.1, 0.15) is 0 Å².